The van der Waals surface area contributed by atoms with E-state index in [9.17, 15) is 19.2 Å². The van der Waals surface area contributed by atoms with Crippen molar-refractivity contribution in [1.82, 2.24) is 0 Å². The zero-order chi connectivity index (χ0) is 28.2. The minimum absolute atomic E-state index is 0.0223. The summed E-state index contributed by atoms with van der Waals surface area (Å²) in [7, 11) is 0. The number of ether oxygens (including phenoxy) is 4. The first-order valence-electron chi connectivity index (χ1n) is 13.6. The molecule has 3 fully saturated rings. The van der Waals surface area contributed by atoms with E-state index in [2.05, 4.69) is 31.9 Å². The molecule has 0 amide bonds. The van der Waals surface area contributed by atoms with Crippen molar-refractivity contribution >= 4 is 55.7 Å². The molecule has 2 atom stereocenters. The summed E-state index contributed by atoms with van der Waals surface area (Å²) in [6.45, 7) is 11.1. The maximum absolute atomic E-state index is 13.2. The molecule has 10 nitrogen and oxygen atoms in total. The summed E-state index contributed by atoms with van der Waals surface area (Å²) in [6.07, 6.45) is 0.709. The summed E-state index contributed by atoms with van der Waals surface area (Å²) >= 11 is 7.30. The SMILES string of the molecule is CCOC(=O)C1(C(=O)OCC)CC(CBr)[N+]2(CC[N+]3(CC2)CC(C(=O)OCC)(C(=O)OCC)CC3CBr)C1. The van der Waals surface area contributed by atoms with Crippen molar-refractivity contribution in [3.05, 3.63) is 0 Å². The molecule has 0 aromatic carbocycles. The van der Waals surface area contributed by atoms with E-state index < -0.39 is 34.7 Å². The molecule has 38 heavy (non-hydrogen) atoms. The lowest BCUT2D eigenvalue weighted by atomic mass is 9.85. The molecule has 0 N–H and O–H groups in total. The number of carbonyl (C=O) groups excluding carboxylic acids is 4. The van der Waals surface area contributed by atoms with Gasteiger partial charge in [-0.2, -0.15) is 0 Å². The predicted molar refractivity (Wildman–Crippen MR) is 146 cm³/mol. The maximum Gasteiger partial charge on any atom is 0.329 e. The molecule has 0 bridgehead atoms. The molecule has 12 heteroatoms. The molecule has 3 rings (SSSR count). The predicted octanol–water partition coefficient (Wildman–Crippen LogP) is 2.19. The fraction of sp³-hybridized carbons (Fsp3) is 0.846. The molecule has 0 aromatic rings. The van der Waals surface area contributed by atoms with Gasteiger partial charge in [-0.05, 0) is 27.7 Å². The van der Waals surface area contributed by atoms with Crippen LogP contribution in [0, 0.1) is 10.8 Å². The molecular weight excluding hydrogens is 628 g/mol. The molecular formula is C26H42Br2N2O8+2. The monoisotopic (exact) mass is 668 g/mol. The average Bonchev–Trinajstić information content (AvgIpc) is 3.41. The molecule has 216 valence electrons. The van der Waals surface area contributed by atoms with Crippen molar-refractivity contribution < 1.29 is 47.1 Å². The Kier molecular flexibility index (Phi) is 10.3. The molecule has 2 unspecified atom stereocenters. The van der Waals surface area contributed by atoms with Crippen molar-refractivity contribution in [3.63, 3.8) is 0 Å². The van der Waals surface area contributed by atoms with Gasteiger partial charge in [0.2, 0.25) is 10.8 Å². The molecule has 3 saturated heterocycles. The quantitative estimate of drug-likeness (QED) is 0.115. The van der Waals surface area contributed by atoms with Gasteiger partial charge in [-0.25, -0.2) is 0 Å². The lowest BCUT2D eigenvalue weighted by Crippen LogP contribution is -2.71. The van der Waals surface area contributed by atoms with Crippen LogP contribution in [0.1, 0.15) is 40.5 Å². The smallest absolute Gasteiger partial charge is 0.329 e. The van der Waals surface area contributed by atoms with Gasteiger partial charge >= 0.3 is 23.9 Å². The molecule has 0 aliphatic carbocycles. The first kappa shape index (κ1) is 31.3. The van der Waals surface area contributed by atoms with E-state index in [4.69, 9.17) is 18.9 Å². The van der Waals surface area contributed by atoms with E-state index in [1.807, 2.05) is 0 Å². The average molecular weight is 670 g/mol. The molecule has 3 heterocycles. The summed E-state index contributed by atoms with van der Waals surface area (Å²) in [6, 6.07) is 0.0445. The number of quaternary nitrogens is 2. The summed E-state index contributed by atoms with van der Waals surface area (Å²) in [4.78, 5) is 52.9. The van der Waals surface area contributed by atoms with Crippen LogP contribution in [0.2, 0.25) is 0 Å². The lowest BCUT2D eigenvalue weighted by molar-refractivity contribution is -1.04. The maximum atomic E-state index is 13.2. The number of rotatable bonds is 10. The van der Waals surface area contributed by atoms with Gasteiger partial charge in [-0.1, -0.05) is 31.9 Å². The third-order valence-electron chi connectivity index (χ3n) is 8.89. The van der Waals surface area contributed by atoms with Gasteiger partial charge in [-0.15, -0.1) is 0 Å². The standard InChI is InChI=1S/C26H42Br2N2O8/c1-5-35-21(31)25(22(32)36-6-2)13-19(15-27)29(17-25)9-11-30(12-10-29)18-26(14-20(30)16-28,23(33)37-7-3)24(34)38-8-4/h19-20H,5-18H2,1-4H3/q+2. The number of esters is 4. The second-order valence-electron chi connectivity index (χ2n) is 10.7. The Morgan fingerprint density at radius 2 is 0.868 bits per heavy atom. The zero-order valence-electron chi connectivity index (χ0n) is 23.0. The van der Waals surface area contributed by atoms with Gasteiger partial charge in [0.15, 0.2) is 0 Å². The second-order valence-corrected chi connectivity index (χ2v) is 12.0. The highest BCUT2D eigenvalue weighted by molar-refractivity contribution is 9.09. The van der Waals surface area contributed by atoms with E-state index in [-0.39, 0.29) is 38.5 Å². The van der Waals surface area contributed by atoms with Crippen LogP contribution in [0.3, 0.4) is 0 Å². The van der Waals surface area contributed by atoms with Crippen molar-refractivity contribution in [2.75, 3.05) is 76.4 Å². The highest BCUT2D eigenvalue weighted by Crippen LogP contribution is 2.49. The largest absolute Gasteiger partial charge is 0.465 e. The highest BCUT2D eigenvalue weighted by Gasteiger charge is 2.70. The highest BCUT2D eigenvalue weighted by atomic mass is 79.9. The van der Waals surface area contributed by atoms with E-state index >= 15 is 0 Å². The topological polar surface area (TPSA) is 105 Å². The number of halogens is 2. The first-order valence-corrected chi connectivity index (χ1v) is 15.9. The van der Waals surface area contributed by atoms with Gasteiger partial charge in [0.05, 0.1) is 37.1 Å². The Labute approximate surface area is 242 Å². The Balaban J connectivity index is 1.93. The Morgan fingerprint density at radius 1 is 0.605 bits per heavy atom. The van der Waals surface area contributed by atoms with E-state index in [1.165, 1.54) is 0 Å². The van der Waals surface area contributed by atoms with Crippen LogP contribution in [0.5, 0.6) is 0 Å². The normalized spacial score (nSPS) is 31.2. The summed E-state index contributed by atoms with van der Waals surface area (Å²) < 4.78 is 22.8. The number of nitrogens with zero attached hydrogens (tertiary/aromatic N) is 2. The van der Waals surface area contributed by atoms with Gasteiger partial charge in [0, 0.05) is 12.8 Å². The number of alkyl halides is 2. The van der Waals surface area contributed by atoms with Gasteiger partial charge in [0.1, 0.15) is 51.4 Å². The Morgan fingerprint density at radius 3 is 1.08 bits per heavy atom. The minimum atomic E-state index is -1.34. The second kappa shape index (κ2) is 12.5. The van der Waals surface area contributed by atoms with Gasteiger partial charge in [-0.3, -0.25) is 19.2 Å². The van der Waals surface area contributed by atoms with Gasteiger partial charge < -0.3 is 27.9 Å². The van der Waals surface area contributed by atoms with Crippen LogP contribution in [0.25, 0.3) is 0 Å². The van der Waals surface area contributed by atoms with Crippen molar-refractivity contribution in [3.8, 4) is 0 Å². The number of carbonyl (C=O) groups is 4. The lowest BCUT2D eigenvalue weighted by Gasteiger charge is -2.51. The van der Waals surface area contributed by atoms with Crippen LogP contribution in [0.4, 0.5) is 0 Å². The van der Waals surface area contributed by atoms with Crippen molar-refractivity contribution in [2.24, 2.45) is 10.8 Å². The molecule has 0 saturated carbocycles. The van der Waals surface area contributed by atoms with Crippen molar-refractivity contribution in [2.45, 2.75) is 52.6 Å². The molecule has 0 aromatic heterocycles. The third-order valence-corrected chi connectivity index (χ3v) is 10.4. The number of hydrogen-bond donors (Lipinski definition) is 0. The molecule has 3 aliphatic heterocycles. The van der Waals surface area contributed by atoms with Gasteiger partial charge in [0.25, 0.3) is 0 Å². The Bertz CT molecular complexity index is 798. The van der Waals surface area contributed by atoms with Crippen molar-refractivity contribution in [1.29, 1.82) is 0 Å². The summed E-state index contributed by atoms with van der Waals surface area (Å²) in [5, 5.41) is 1.26. The minimum Gasteiger partial charge on any atom is -0.465 e. The molecule has 0 radical (unpaired) electrons. The van der Waals surface area contributed by atoms with E-state index in [1.54, 1.807) is 27.7 Å². The fourth-order valence-electron chi connectivity index (χ4n) is 6.96. The fourth-order valence-corrected chi connectivity index (χ4v) is 8.64. The van der Waals surface area contributed by atoms with Crippen LogP contribution in [-0.2, 0) is 38.1 Å². The van der Waals surface area contributed by atoms with Crippen LogP contribution in [-0.4, -0.2) is 121 Å². The van der Waals surface area contributed by atoms with Crippen LogP contribution < -0.4 is 0 Å². The van der Waals surface area contributed by atoms with Crippen LogP contribution >= 0.6 is 31.9 Å². The van der Waals surface area contributed by atoms with E-state index in [0.717, 1.165) is 0 Å². The number of piperazine rings is 1. The summed E-state index contributed by atoms with van der Waals surface area (Å²) in [5.74, 6) is -2.07. The first-order chi connectivity index (χ1) is 18.1. The molecule has 3 aliphatic rings. The number of hydrogen-bond acceptors (Lipinski definition) is 8. The summed E-state index contributed by atoms with van der Waals surface area (Å²) in [5.41, 5.74) is -2.68. The third kappa shape index (κ3) is 5.26. The van der Waals surface area contributed by atoms with E-state index in [0.29, 0.717) is 71.7 Å². The Hall–Kier alpha value is -1.24. The molecule has 2 spiro atoms. The zero-order valence-corrected chi connectivity index (χ0v) is 26.1. The van der Waals surface area contributed by atoms with Crippen LogP contribution in [0.15, 0.2) is 0 Å².